The minimum Gasteiger partial charge on any atom is -0.504 e. The lowest BCUT2D eigenvalue weighted by Crippen LogP contribution is -2.11. The highest BCUT2D eigenvalue weighted by Gasteiger charge is 2.10. The molecule has 1 aromatic heterocycles. The minimum absolute atomic E-state index is 0.0701. The van der Waals surface area contributed by atoms with Crippen molar-refractivity contribution < 1.29 is 14.6 Å². The zero-order valence-electron chi connectivity index (χ0n) is 9.01. The zero-order valence-corrected chi connectivity index (χ0v) is 9.82. The second-order valence-electron chi connectivity index (χ2n) is 3.18. The van der Waals surface area contributed by atoms with Crippen LogP contribution in [-0.2, 0) is 0 Å². The van der Waals surface area contributed by atoms with Crippen LogP contribution in [0, 0.1) is 0 Å². The molecule has 5 nitrogen and oxygen atoms in total. The number of nitrogens with one attached hydrogen (secondary N) is 1. The number of hydrogen-bond acceptors (Lipinski definition) is 5. The smallest absolute Gasteiger partial charge is 0.257 e. The third-order valence-electron chi connectivity index (χ3n) is 2.09. The molecule has 0 saturated carbocycles. The van der Waals surface area contributed by atoms with Crippen LogP contribution in [0.15, 0.2) is 29.8 Å². The lowest BCUT2D eigenvalue weighted by Gasteiger charge is -2.05. The van der Waals surface area contributed by atoms with Crippen molar-refractivity contribution in [2.45, 2.75) is 0 Å². The zero-order chi connectivity index (χ0) is 12.3. The molecule has 0 bridgehead atoms. The highest BCUT2D eigenvalue weighted by Crippen LogP contribution is 2.26. The van der Waals surface area contributed by atoms with Crippen LogP contribution < -0.4 is 10.1 Å². The first-order valence-electron chi connectivity index (χ1n) is 4.78. The van der Waals surface area contributed by atoms with E-state index in [-0.39, 0.29) is 11.7 Å². The van der Waals surface area contributed by atoms with Gasteiger partial charge in [-0.1, -0.05) is 0 Å². The quantitative estimate of drug-likeness (QED) is 0.875. The molecule has 0 saturated heterocycles. The molecule has 0 radical (unpaired) electrons. The van der Waals surface area contributed by atoms with E-state index in [2.05, 4.69) is 10.3 Å². The number of carbonyl (C=O) groups is 1. The summed E-state index contributed by atoms with van der Waals surface area (Å²) in [4.78, 5) is 15.7. The Bertz CT molecular complexity index is 526. The second kappa shape index (κ2) is 4.84. The minimum atomic E-state index is -0.321. The molecule has 2 rings (SSSR count). The van der Waals surface area contributed by atoms with Gasteiger partial charge >= 0.3 is 0 Å². The van der Waals surface area contributed by atoms with Crippen LogP contribution in [0.4, 0.5) is 5.13 Å². The van der Waals surface area contributed by atoms with E-state index in [1.54, 1.807) is 17.6 Å². The van der Waals surface area contributed by atoms with Gasteiger partial charge in [0.2, 0.25) is 0 Å². The summed E-state index contributed by atoms with van der Waals surface area (Å²) in [5.41, 5.74) is 0.346. The molecule has 2 N–H and O–H groups in total. The Morgan fingerprint density at radius 2 is 2.35 bits per heavy atom. The number of rotatable bonds is 3. The molecular formula is C11H10N2O3S. The van der Waals surface area contributed by atoms with Crippen LogP contribution in [0.2, 0.25) is 0 Å². The number of anilines is 1. The van der Waals surface area contributed by atoms with Gasteiger partial charge in [0.15, 0.2) is 16.6 Å². The molecule has 0 aliphatic heterocycles. The van der Waals surface area contributed by atoms with Crippen LogP contribution in [-0.4, -0.2) is 23.1 Å². The summed E-state index contributed by atoms with van der Waals surface area (Å²) in [5, 5.41) is 14.5. The first kappa shape index (κ1) is 11.4. The lowest BCUT2D eigenvalue weighted by molar-refractivity contribution is 0.102. The monoisotopic (exact) mass is 250 g/mol. The van der Waals surface area contributed by atoms with E-state index in [0.29, 0.717) is 16.4 Å². The molecule has 0 aliphatic rings. The molecule has 17 heavy (non-hydrogen) atoms. The van der Waals surface area contributed by atoms with Gasteiger partial charge in [0.05, 0.1) is 7.11 Å². The highest BCUT2D eigenvalue weighted by molar-refractivity contribution is 7.13. The van der Waals surface area contributed by atoms with E-state index < -0.39 is 0 Å². The van der Waals surface area contributed by atoms with E-state index in [0.717, 1.165) is 0 Å². The highest BCUT2D eigenvalue weighted by atomic mass is 32.1. The van der Waals surface area contributed by atoms with Crippen molar-refractivity contribution in [2.24, 2.45) is 0 Å². The van der Waals surface area contributed by atoms with Crippen LogP contribution in [0.5, 0.6) is 11.5 Å². The predicted molar refractivity (Wildman–Crippen MR) is 64.7 cm³/mol. The second-order valence-corrected chi connectivity index (χ2v) is 4.07. The summed E-state index contributed by atoms with van der Waals surface area (Å²) in [6.45, 7) is 0. The maximum Gasteiger partial charge on any atom is 0.257 e. The van der Waals surface area contributed by atoms with Gasteiger partial charge in [-0.15, -0.1) is 11.3 Å². The Morgan fingerprint density at radius 1 is 1.53 bits per heavy atom. The van der Waals surface area contributed by atoms with Crippen molar-refractivity contribution in [1.82, 2.24) is 4.98 Å². The maximum atomic E-state index is 11.8. The number of phenolic OH excluding ortho intramolecular Hbond substituents is 1. The molecule has 0 unspecified atom stereocenters. The largest absolute Gasteiger partial charge is 0.504 e. The Balaban J connectivity index is 2.17. The molecule has 0 aliphatic carbocycles. The van der Waals surface area contributed by atoms with Gasteiger partial charge in [-0.2, -0.15) is 0 Å². The molecule has 1 heterocycles. The van der Waals surface area contributed by atoms with E-state index in [4.69, 9.17) is 4.74 Å². The van der Waals surface area contributed by atoms with Crippen molar-refractivity contribution in [3.8, 4) is 11.5 Å². The van der Waals surface area contributed by atoms with Crippen LogP contribution in [0.25, 0.3) is 0 Å². The SMILES string of the molecule is COc1ccc(C(=O)Nc2nccs2)cc1O. The van der Waals surface area contributed by atoms with E-state index >= 15 is 0 Å². The number of methoxy groups -OCH3 is 1. The average molecular weight is 250 g/mol. The van der Waals surface area contributed by atoms with E-state index in [1.165, 1.54) is 30.6 Å². The fourth-order valence-corrected chi connectivity index (χ4v) is 1.81. The van der Waals surface area contributed by atoms with Crippen LogP contribution in [0.1, 0.15) is 10.4 Å². The van der Waals surface area contributed by atoms with Crippen LogP contribution >= 0.6 is 11.3 Å². The molecule has 1 amide bonds. The topological polar surface area (TPSA) is 71.5 Å². The number of hydrogen-bond donors (Lipinski definition) is 2. The molecule has 0 fully saturated rings. The Labute approximate surface area is 102 Å². The number of aromatic nitrogens is 1. The molecular weight excluding hydrogens is 240 g/mol. The van der Waals surface area contributed by atoms with E-state index in [9.17, 15) is 9.90 Å². The van der Waals surface area contributed by atoms with Gasteiger partial charge in [-0.25, -0.2) is 4.98 Å². The molecule has 6 heteroatoms. The normalized spacial score (nSPS) is 9.94. The number of aromatic hydroxyl groups is 1. The van der Waals surface area contributed by atoms with Gasteiger partial charge in [0.25, 0.3) is 5.91 Å². The van der Waals surface area contributed by atoms with Gasteiger partial charge in [-0.3, -0.25) is 10.1 Å². The van der Waals surface area contributed by atoms with Crippen molar-refractivity contribution in [2.75, 3.05) is 12.4 Å². The summed E-state index contributed by atoms with van der Waals surface area (Å²) in [5.74, 6) is -0.0620. The molecule has 0 atom stereocenters. The number of amides is 1. The Hall–Kier alpha value is -2.08. The first-order valence-corrected chi connectivity index (χ1v) is 5.66. The number of benzene rings is 1. The summed E-state index contributed by atoms with van der Waals surface area (Å²) in [7, 11) is 1.45. The Morgan fingerprint density at radius 3 is 2.94 bits per heavy atom. The number of carbonyl (C=O) groups excluding carboxylic acids is 1. The summed E-state index contributed by atoms with van der Waals surface area (Å²) in [6.07, 6.45) is 1.60. The van der Waals surface area contributed by atoms with Gasteiger partial charge in [0.1, 0.15) is 0 Å². The summed E-state index contributed by atoms with van der Waals surface area (Å²) >= 11 is 1.33. The van der Waals surface area contributed by atoms with Gasteiger partial charge < -0.3 is 9.84 Å². The molecule has 0 spiro atoms. The lowest BCUT2D eigenvalue weighted by atomic mass is 10.2. The number of nitrogens with zero attached hydrogens (tertiary/aromatic N) is 1. The first-order chi connectivity index (χ1) is 8.20. The standard InChI is InChI=1S/C11H10N2O3S/c1-16-9-3-2-7(6-8(9)14)10(15)13-11-12-4-5-17-11/h2-6,14H,1H3,(H,12,13,15). The third kappa shape index (κ3) is 2.54. The molecule has 88 valence electrons. The van der Waals surface area contributed by atoms with Gasteiger partial charge in [0, 0.05) is 17.1 Å². The third-order valence-corrected chi connectivity index (χ3v) is 2.78. The summed E-state index contributed by atoms with van der Waals surface area (Å²) < 4.78 is 4.89. The molecule has 2 aromatic rings. The Kier molecular flexibility index (Phi) is 3.24. The fourth-order valence-electron chi connectivity index (χ4n) is 1.29. The fraction of sp³-hybridized carbons (Fsp3) is 0.0909. The van der Waals surface area contributed by atoms with E-state index in [1.807, 2.05) is 0 Å². The maximum absolute atomic E-state index is 11.8. The number of phenols is 1. The van der Waals surface area contributed by atoms with Crippen molar-refractivity contribution in [3.05, 3.63) is 35.3 Å². The van der Waals surface area contributed by atoms with Crippen molar-refractivity contribution in [3.63, 3.8) is 0 Å². The number of thiazole rings is 1. The predicted octanol–water partition coefficient (Wildman–Crippen LogP) is 2.11. The summed E-state index contributed by atoms with van der Waals surface area (Å²) in [6, 6.07) is 4.45. The van der Waals surface area contributed by atoms with Crippen molar-refractivity contribution in [1.29, 1.82) is 0 Å². The average Bonchev–Trinajstić information content (AvgIpc) is 2.81. The van der Waals surface area contributed by atoms with Crippen LogP contribution in [0.3, 0.4) is 0 Å². The van der Waals surface area contributed by atoms with Gasteiger partial charge in [-0.05, 0) is 18.2 Å². The number of ether oxygens (including phenoxy) is 1. The van der Waals surface area contributed by atoms with Crippen molar-refractivity contribution >= 4 is 22.4 Å². The molecule has 1 aromatic carbocycles.